The molecule has 0 saturated heterocycles. The van der Waals surface area contributed by atoms with Crippen molar-refractivity contribution in [1.29, 1.82) is 0 Å². The summed E-state index contributed by atoms with van der Waals surface area (Å²) >= 11 is 6.09. The van der Waals surface area contributed by atoms with Gasteiger partial charge in [-0.1, -0.05) is 85.3 Å². The van der Waals surface area contributed by atoms with Gasteiger partial charge in [-0.25, -0.2) is 9.59 Å². The lowest BCUT2D eigenvalue weighted by molar-refractivity contribution is -0.142. The van der Waals surface area contributed by atoms with Crippen LogP contribution in [0, 0.1) is 5.92 Å². The molecule has 3 aromatic rings. The van der Waals surface area contributed by atoms with E-state index in [0.717, 1.165) is 22.3 Å². The number of ether oxygens (including phenoxy) is 1. The van der Waals surface area contributed by atoms with Crippen LogP contribution >= 0.6 is 11.6 Å². The lowest BCUT2D eigenvalue weighted by Gasteiger charge is -2.19. The molecule has 8 heteroatoms. The topological polar surface area (TPSA) is 105 Å². The Hall–Kier alpha value is -3.84. The Bertz CT molecular complexity index is 1220. The van der Waals surface area contributed by atoms with Gasteiger partial charge in [-0.3, -0.25) is 4.79 Å². The first-order valence-electron chi connectivity index (χ1n) is 11.2. The van der Waals surface area contributed by atoms with Gasteiger partial charge in [0.25, 0.3) is 0 Å². The Morgan fingerprint density at radius 3 is 2.11 bits per heavy atom. The zero-order valence-corrected chi connectivity index (χ0v) is 19.8. The van der Waals surface area contributed by atoms with E-state index in [-0.39, 0.29) is 29.7 Å². The van der Waals surface area contributed by atoms with E-state index in [2.05, 4.69) is 22.8 Å². The van der Waals surface area contributed by atoms with E-state index >= 15 is 0 Å². The fraction of sp³-hybridized carbons (Fsp3) is 0.222. The summed E-state index contributed by atoms with van der Waals surface area (Å²) < 4.78 is 5.48. The standard InChI is InChI=1S/C27H25ClN2O5/c1-16(25(31)30-24(26(32)33)21-12-6-7-13-23(21)28)14-29-27(34)35-15-22-19-10-4-2-8-17(19)18-9-3-5-11-20(18)22/h2-13,16,22,24H,14-15H2,1H3,(H,29,34)(H,30,31)(H,32,33)/t16?,24-/m1/s1. The predicted octanol–water partition coefficient (Wildman–Crippen LogP) is 4.76. The van der Waals surface area contributed by atoms with E-state index in [1.165, 1.54) is 0 Å². The molecule has 4 rings (SSSR count). The lowest BCUT2D eigenvalue weighted by atomic mass is 9.98. The minimum absolute atomic E-state index is 0.0165. The van der Waals surface area contributed by atoms with Crippen molar-refractivity contribution in [2.45, 2.75) is 18.9 Å². The largest absolute Gasteiger partial charge is 0.479 e. The Balaban J connectivity index is 1.31. The highest BCUT2D eigenvalue weighted by molar-refractivity contribution is 6.31. The summed E-state index contributed by atoms with van der Waals surface area (Å²) in [6.45, 7) is 1.73. The molecular formula is C27H25ClN2O5. The first-order valence-corrected chi connectivity index (χ1v) is 11.6. The number of hydrogen-bond donors (Lipinski definition) is 3. The molecule has 0 aliphatic heterocycles. The molecule has 0 radical (unpaired) electrons. The first-order chi connectivity index (χ1) is 16.9. The van der Waals surface area contributed by atoms with Crippen LogP contribution in [0.25, 0.3) is 11.1 Å². The normalized spacial score (nSPS) is 13.8. The van der Waals surface area contributed by atoms with Gasteiger partial charge in [0.05, 0.1) is 5.92 Å². The van der Waals surface area contributed by atoms with Crippen LogP contribution in [-0.2, 0) is 14.3 Å². The van der Waals surface area contributed by atoms with E-state index in [4.69, 9.17) is 16.3 Å². The number of carbonyl (C=O) groups excluding carboxylic acids is 2. The molecular weight excluding hydrogens is 468 g/mol. The Morgan fingerprint density at radius 1 is 0.943 bits per heavy atom. The number of nitrogens with one attached hydrogen (secondary N) is 2. The summed E-state index contributed by atoms with van der Waals surface area (Å²) in [4.78, 5) is 36.7. The van der Waals surface area contributed by atoms with Crippen LogP contribution in [-0.4, -0.2) is 36.2 Å². The van der Waals surface area contributed by atoms with Gasteiger partial charge in [0.2, 0.25) is 5.91 Å². The van der Waals surface area contributed by atoms with Crippen LogP contribution in [0.1, 0.15) is 35.6 Å². The fourth-order valence-corrected chi connectivity index (χ4v) is 4.49. The second kappa shape index (κ2) is 10.6. The summed E-state index contributed by atoms with van der Waals surface area (Å²) in [5.74, 6) is -2.53. The minimum atomic E-state index is -1.30. The Kier molecular flexibility index (Phi) is 7.36. The third-order valence-corrected chi connectivity index (χ3v) is 6.44. The van der Waals surface area contributed by atoms with Crippen LogP contribution in [0.4, 0.5) is 4.79 Å². The van der Waals surface area contributed by atoms with Crippen LogP contribution in [0.2, 0.25) is 5.02 Å². The number of amides is 2. The van der Waals surface area contributed by atoms with Gasteiger partial charge in [-0.15, -0.1) is 0 Å². The molecule has 0 bridgehead atoms. The number of aliphatic carboxylic acids is 1. The quantitative estimate of drug-likeness (QED) is 0.420. The SMILES string of the molecule is CC(CNC(=O)OCC1c2ccccc2-c2ccccc21)C(=O)N[C@@H](C(=O)O)c1ccccc1Cl. The van der Waals surface area contributed by atoms with Gasteiger partial charge < -0.3 is 20.5 Å². The fourth-order valence-electron chi connectivity index (χ4n) is 4.24. The second-order valence-electron chi connectivity index (χ2n) is 8.41. The maximum absolute atomic E-state index is 12.6. The number of benzene rings is 3. The van der Waals surface area contributed by atoms with E-state index in [1.54, 1.807) is 31.2 Å². The predicted molar refractivity (Wildman–Crippen MR) is 132 cm³/mol. The third-order valence-electron chi connectivity index (χ3n) is 6.09. The van der Waals surface area contributed by atoms with Gasteiger partial charge in [0, 0.05) is 23.0 Å². The van der Waals surface area contributed by atoms with Gasteiger partial charge in [-0.05, 0) is 28.3 Å². The molecule has 2 atom stereocenters. The van der Waals surface area contributed by atoms with Crippen LogP contribution in [0.5, 0.6) is 0 Å². The molecule has 35 heavy (non-hydrogen) atoms. The molecule has 1 aliphatic carbocycles. The van der Waals surface area contributed by atoms with E-state index < -0.39 is 29.9 Å². The van der Waals surface area contributed by atoms with Crippen molar-refractivity contribution in [2.75, 3.05) is 13.2 Å². The molecule has 0 fully saturated rings. The summed E-state index contributed by atoms with van der Waals surface area (Å²) in [6.07, 6.45) is -0.646. The number of carboxylic acid groups (broad SMARTS) is 1. The summed E-state index contributed by atoms with van der Waals surface area (Å²) in [7, 11) is 0. The van der Waals surface area contributed by atoms with Crippen molar-refractivity contribution < 1.29 is 24.2 Å². The number of fused-ring (bicyclic) bond motifs is 3. The molecule has 7 nitrogen and oxygen atoms in total. The maximum atomic E-state index is 12.6. The zero-order valence-electron chi connectivity index (χ0n) is 19.0. The van der Waals surface area contributed by atoms with Crippen molar-refractivity contribution >= 4 is 29.6 Å². The molecule has 3 N–H and O–H groups in total. The average Bonchev–Trinajstić information content (AvgIpc) is 3.18. The van der Waals surface area contributed by atoms with Crippen LogP contribution in [0.15, 0.2) is 72.8 Å². The summed E-state index contributed by atoms with van der Waals surface area (Å²) in [5, 5.41) is 14.9. The highest BCUT2D eigenvalue weighted by Crippen LogP contribution is 2.44. The second-order valence-corrected chi connectivity index (χ2v) is 8.82. The molecule has 1 aliphatic rings. The molecule has 2 amide bonds. The molecule has 3 aromatic carbocycles. The monoisotopic (exact) mass is 492 g/mol. The Morgan fingerprint density at radius 2 is 1.51 bits per heavy atom. The number of carboxylic acids is 1. The highest BCUT2D eigenvalue weighted by atomic mass is 35.5. The number of hydrogen-bond acceptors (Lipinski definition) is 4. The molecule has 0 aromatic heterocycles. The van der Waals surface area contributed by atoms with Gasteiger partial charge >= 0.3 is 12.1 Å². The minimum Gasteiger partial charge on any atom is -0.479 e. The maximum Gasteiger partial charge on any atom is 0.407 e. The summed E-state index contributed by atoms with van der Waals surface area (Å²) in [6, 6.07) is 21.2. The smallest absolute Gasteiger partial charge is 0.407 e. The van der Waals surface area contributed by atoms with Gasteiger partial charge in [-0.2, -0.15) is 0 Å². The Labute approximate surface area is 208 Å². The molecule has 0 heterocycles. The molecule has 0 saturated carbocycles. The number of halogens is 1. The van der Waals surface area contributed by atoms with Crippen molar-refractivity contribution in [3.63, 3.8) is 0 Å². The summed E-state index contributed by atoms with van der Waals surface area (Å²) in [5.41, 5.74) is 4.76. The van der Waals surface area contributed by atoms with E-state index in [9.17, 15) is 19.5 Å². The van der Waals surface area contributed by atoms with E-state index in [1.807, 2.05) is 36.4 Å². The third kappa shape index (κ3) is 5.30. The zero-order chi connectivity index (χ0) is 24.9. The molecule has 0 spiro atoms. The van der Waals surface area contributed by atoms with Crippen molar-refractivity contribution in [3.8, 4) is 11.1 Å². The average molecular weight is 493 g/mol. The van der Waals surface area contributed by atoms with Gasteiger partial charge in [0.1, 0.15) is 6.61 Å². The highest BCUT2D eigenvalue weighted by Gasteiger charge is 2.29. The van der Waals surface area contributed by atoms with Crippen molar-refractivity contribution in [2.24, 2.45) is 5.92 Å². The number of carbonyl (C=O) groups is 3. The van der Waals surface area contributed by atoms with E-state index in [0.29, 0.717) is 0 Å². The molecule has 1 unspecified atom stereocenters. The van der Waals surface area contributed by atoms with Crippen LogP contribution < -0.4 is 10.6 Å². The number of rotatable bonds is 8. The van der Waals surface area contributed by atoms with Gasteiger partial charge in [0.15, 0.2) is 6.04 Å². The lowest BCUT2D eigenvalue weighted by Crippen LogP contribution is -2.41. The first kappa shape index (κ1) is 24.3. The van der Waals surface area contributed by atoms with Crippen LogP contribution in [0.3, 0.4) is 0 Å². The number of alkyl carbamates (subject to hydrolysis) is 1. The molecule has 180 valence electrons. The van der Waals surface area contributed by atoms with Crippen molar-refractivity contribution in [1.82, 2.24) is 10.6 Å². The van der Waals surface area contributed by atoms with Crippen molar-refractivity contribution in [3.05, 3.63) is 94.5 Å².